The van der Waals surface area contributed by atoms with Crippen molar-refractivity contribution >= 4 is 22.9 Å². The van der Waals surface area contributed by atoms with Crippen LogP contribution in [-0.2, 0) is 16.1 Å². The molecule has 0 saturated carbocycles. The highest BCUT2D eigenvalue weighted by atomic mass is 16.7. The Bertz CT molecular complexity index is 1460. The maximum atomic E-state index is 12.8. The summed E-state index contributed by atoms with van der Waals surface area (Å²) in [5.41, 5.74) is 3.70. The quantitative estimate of drug-likeness (QED) is 0.330. The number of hydrogen-bond donors (Lipinski definition) is 0. The number of ether oxygens (including phenoxy) is 3. The molecule has 1 aliphatic heterocycles. The van der Waals surface area contributed by atoms with Gasteiger partial charge in [-0.1, -0.05) is 12.1 Å². The summed E-state index contributed by atoms with van der Waals surface area (Å²) in [5.74, 6) is -0.390. The lowest BCUT2D eigenvalue weighted by molar-refractivity contribution is -0.143. The van der Waals surface area contributed by atoms with E-state index in [0.29, 0.717) is 33.9 Å². The summed E-state index contributed by atoms with van der Waals surface area (Å²) in [4.78, 5) is 37.2. The molecular weight excluding hydrogens is 428 g/mol. The highest BCUT2D eigenvalue weighted by Gasteiger charge is 2.21. The van der Waals surface area contributed by atoms with Crippen LogP contribution in [0.3, 0.4) is 0 Å². The van der Waals surface area contributed by atoms with Gasteiger partial charge >= 0.3 is 11.7 Å². The molecule has 9 nitrogen and oxygen atoms in total. The average Bonchev–Trinajstić information content (AvgIpc) is 3.47. The molecule has 9 heteroatoms. The summed E-state index contributed by atoms with van der Waals surface area (Å²) in [6, 6.07) is 14.1. The molecule has 0 unspecified atom stereocenters. The summed E-state index contributed by atoms with van der Waals surface area (Å²) in [7, 11) is 0. The first-order valence-corrected chi connectivity index (χ1v) is 10.3. The maximum Gasteiger partial charge on any atom is 0.420 e. The number of carbonyl (C=O) groups is 2. The van der Waals surface area contributed by atoms with Gasteiger partial charge in [0, 0.05) is 28.7 Å². The van der Waals surface area contributed by atoms with E-state index in [0.717, 1.165) is 11.4 Å². The van der Waals surface area contributed by atoms with Gasteiger partial charge in [-0.15, -0.1) is 0 Å². The summed E-state index contributed by atoms with van der Waals surface area (Å²) in [6.45, 7) is 3.10. The number of benzene rings is 2. The molecule has 168 valence electrons. The van der Waals surface area contributed by atoms with E-state index >= 15 is 0 Å². The Kier molecular flexibility index (Phi) is 5.01. The second-order valence-corrected chi connectivity index (χ2v) is 7.66. The molecule has 1 aliphatic rings. The first-order chi connectivity index (χ1) is 15.9. The van der Waals surface area contributed by atoms with Gasteiger partial charge in [0.15, 0.2) is 23.7 Å². The predicted molar refractivity (Wildman–Crippen MR) is 117 cm³/mol. The third-order valence-corrected chi connectivity index (χ3v) is 5.57. The van der Waals surface area contributed by atoms with Gasteiger partial charge in [-0.3, -0.25) is 14.2 Å². The van der Waals surface area contributed by atoms with Crippen LogP contribution in [0.25, 0.3) is 16.8 Å². The van der Waals surface area contributed by atoms with Gasteiger partial charge < -0.3 is 23.2 Å². The number of hydrogen-bond acceptors (Lipinski definition) is 7. The van der Waals surface area contributed by atoms with E-state index < -0.39 is 18.3 Å². The van der Waals surface area contributed by atoms with Gasteiger partial charge in [0.1, 0.15) is 6.54 Å². The lowest BCUT2D eigenvalue weighted by Gasteiger charge is -2.11. The monoisotopic (exact) mass is 448 g/mol. The third-order valence-electron chi connectivity index (χ3n) is 5.57. The van der Waals surface area contributed by atoms with Crippen molar-refractivity contribution in [2.45, 2.75) is 20.4 Å². The van der Waals surface area contributed by atoms with Crippen molar-refractivity contribution in [3.8, 4) is 17.2 Å². The maximum absolute atomic E-state index is 12.8. The van der Waals surface area contributed by atoms with Crippen molar-refractivity contribution in [1.29, 1.82) is 0 Å². The lowest BCUT2D eigenvalue weighted by atomic mass is 10.1. The minimum absolute atomic E-state index is 0.179. The molecule has 0 spiro atoms. The fraction of sp³-hybridized carbons (Fsp3) is 0.208. The summed E-state index contributed by atoms with van der Waals surface area (Å²) in [5, 5.41) is 0. The van der Waals surface area contributed by atoms with Crippen molar-refractivity contribution in [1.82, 2.24) is 9.13 Å². The SMILES string of the molecule is Cc1cc(C(=O)COC(=O)Cn2c(=O)oc3ccccc32)c(C)n1-c1ccc2c(c1)OCO2. The number of ketones is 1. The molecule has 0 amide bonds. The predicted octanol–water partition coefficient (Wildman–Crippen LogP) is 3.16. The second-order valence-electron chi connectivity index (χ2n) is 7.66. The van der Waals surface area contributed by atoms with E-state index in [9.17, 15) is 14.4 Å². The smallest absolute Gasteiger partial charge is 0.420 e. The fourth-order valence-corrected chi connectivity index (χ4v) is 4.03. The van der Waals surface area contributed by atoms with Crippen molar-refractivity contribution in [2.75, 3.05) is 13.4 Å². The number of aryl methyl sites for hydroxylation is 1. The Labute approximate surface area is 187 Å². The van der Waals surface area contributed by atoms with Gasteiger partial charge in [-0.05, 0) is 44.2 Å². The summed E-state index contributed by atoms with van der Waals surface area (Å²) in [6.07, 6.45) is 0. The first-order valence-electron chi connectivity index (χ1n) is 10.3. The zero-order valence-corrected chi connectivity index (χ0v) is 18.0. The number of fused-ring (bicyclic) bond motifs is 2. The van der Waals surface area contributed by atoms with E-state index in [2.05, 4.69) is 0 Å². The van der Waals surface area contributed by atoms with Gasteiger partial charge in [0.2, 0.25) is 12.6 Å². The van der Waals surface area contributed by atoms with Crippen LogP contribution in [0.5, 0.6) is 11.5 Å². The minimum Gasteiger partial charge on any atom is -0.456 e. The number of esters is 1. The highest BCUT2D eigenvalue weighted by Crippen LogP contribution is 2.35. The topological polar surface area (TPSA) is 102 Å². The normalized spacial score (nSPS) is 12.3. The minimum atomic E-state index is -0.707. The molecule has 0 saturated heterocycles. The summed E-state index contributed by atoms with van der Waals surface area (Å²) >= 11 is 0. The largest absolute Gasteiger partial charge is 0.456 e. The molecule has 0 radical (unpaired) electrons. The number of para-hydroxylation sites is 2. The zero-order valence-electron chi connectivity index (χ0n) is 18.0. The van der Waals surface area contributed by atoms with E-state index in [1.54, 1.807) is 30.3 Å². The van der Waals surface area contributed by atoms with Crippen LogP contribution in [0.1, 0.15) is 21.7 Å². The number of nitrogens with zero attached hydrogens (tertiary/aromatic N) is 2. The molecule has 4 aromatic rings. The van der Waals surface area contributed by atoms with Crippen molar-refractivity contribution in [2.24, 2.45) is 0 Å². The number of oxazole rings is 1. The summed E-state index contributed by atoms with van der Waals surface area (Å²) < 4.78 is 24.2. The number of rotatable bonds is 6. The first kappa shape index (κ1) is 20.6. The van der Waals surface area contributed by atoms with Crippen LogP contribution in [0, 0.1) is 13.8 Å². The van der Waals surface area contributed by atoms with Crippen LogP contribution < -0.4 is 15.2 Å². The zero-order chi connectivity index (χ0) is 23.1. The average molecular weight is 448 g/mol. The van der Waals surface area contributed by atoms with Crippen molar-refractivity contribution < 1.29 is 28.2 Å². The van der Waals surface area contributed by atoms with Gasteiger partial charge in [-0.25, -0.2) is 4.79 Å². The van der Waals surface area contributed by atoms with Crippen LogP contribution in [0.15, 0.2) is 57.7 Å². The molecule has 3 heterocycles. The third kappa shape index (κ3) is 3.67. The van der Waals surface area contributed by atoms with Crippen LogP contribution in [-0.4, -0.2) is 34.3 Å². The Hall–Kier alpha value is -4.27. The lowest BCUT2D eigenvalue weighted by Crippen LogP contribution is -2.23. The molecule has 5 rings (SSSR count). The Morgan fingerprint density at radius 1 is 1.03 bits per heavy atom. The van der Waals surface area contributed by atoms with Crippen molar-refractivity contribution in [3.05, 3.63) is 76.0 Å². The van der Waals surface area contributed by atoms with E-state index in [1.165, 1.54) is 4.57 Å². The molecule has 2 aromatic heterocycles. The fourth-order valence-electron chi connectivity index (χ4n) is 4.03. The van der Waals surface area contributed by atoms with Crippen LogP contribution in [0.2, 0.25) is 0 Å². The number of aromatic nitrogens is 2. The molecule has 0 N–H and O–H groups in total. The molecule has 0 fully saturated rings. The molecular formula is C24H20N2O7. The molecule has 0 bridgehead atoms. The van der Waals surface area contributed by atoms with Gasteiger partial charge in [0.05, 0.1) is 5.52 Å². The molecule has 2 aromatic carbocycles. The van der Waals surface area contributed by atoms with E-state index in [-0.39, 0.29) is 19.1 Å². The van der Waals surface area contributed by atoms with Crippen molar-refractivity contribution in [3.63, 3.8) is 0 Å². The second kappa shape index (κ2) is 8.01. The molecule has 33 heavy (non-hydrogen) atoms. The Morgan fingerprint density at radius 2 is 1.82 bits per heavy atom. The van der Waals surface area contributed by atoms with Crippen LogP contribution in [0.4, 0.5) is 0 Å². The van der Waals surface area contributed by atoms with Gasteiger partial charge in [-0.2, -0.15) is 0 Å². The Balaban J connectivity index is 1.30. The number of Topliss-reactive ketones (excluding diaryl/α,β-unsaturated/α-hetero) is 1. The van der Waals surface area contributed by atoms with Gasteiger partial charge in [0.25, 0.3) is 0 Å². The number of carbonyl (C=O) groups excluding carboxylic acids is 2. The van der Waals surface area contributed by atoms with Crippen LogP contribution >= 0.6 is 0 Å². The van der Waals surface area contributed by atoms with E-state index in [4.69, 9.17) is 18.6 Å². The molecule has 0 atom stereocenters. The highest BCUT2D eigenvalue weighted by molar-refractivity contribution is 5.99. The Morgan fingerprint density at radius 3 is 2.67 bits per heavy atom. The van der Waals surface area contributed by atoms with E-state index in [1.807, 2.05) is 36.6 Å². The molecule has 0 aliphatic carbocycles. The standard InChI is InChI=1S/C24H20N2O7/c1-14-9-17(15(2)26(14)16-7-8-21-22(10-16)32-13-31-21)19(27)12-30-23(28)11-25-18-5-3-4-6-20(18)33-24(25)29/h3-10H,11-13H2,1-2H3.